The van der Waals surface area contributed by atoms with E-state index in [0.29, 0.717) is 17.1 Å². The number of H-pyrrole nitrogens is 1. The summed E-state index contributed by atoms with van der Waals surface area (Å²) >= 11 is 3.33. The molecule has 0 spiro atoms. The van der Waals surface area contributed by atoms with Crippen LogP contribution in [-0.2, 0) is 5.54 Å². The number of nitrogens with two attached hydrogens (primary N) is 1. The Kier molecular flexibility index (Phi) is 3.54. The largest absolute Gasteiger partial charge is 0.340 e. The molecule has 96 valence electrons. The minimum atomic E-state index is -0.527. The molecule has 3 nitrogen and oxygen atoms in total. The van der Waals surface area contributed by atoms with Gasteiger partial charge in [0.05, 0.1) is 17.4 Å². The van der Waals surface area contributed by atoms with Crippen LogP contribution >= 0.6 is 15.9 Å². The summed E-state index contributed by atoms with van der Waals surface area (Å²) in [6, 6.07) is 4.79. The second-order valence-corrected chi connectivity index (χ2v) is 5.46. The van der Waals surface area contributed by atoms with Gasteiger partial charge < -0.3 is 10.7 Å². The van der Waals surface area contributed by atoms with E-state index in [0.717, 1.165) is 10.9 Å². The smallest absolute Gasteiger partial charge is 0.132 e. The maximum Gasteiger partial charge on any atom is 0.132 e. The highest BCUT2D eigenvalue weighted by Crippen LogP contribution is 2.27. The number of aromatic amines is 1. The van der Waals surface area contributed by atoms with E-state index in [1.807, 2.05) is 13.8 Å². The number of aromatic nitrogens is 2. The molecule has 3 N–H and O–H groups in total. The van der Waals surface area contributed by atoms with Crippen LogP contribution in [0.4, 0.5) is 4.39 Å². The molecule has 0 amide bonds. The summed E-state index contributed by atoms with van der Waals surface area (Å²) in [6.45, 7) is 3.88. The normalized spacial score (nSPS) is 14.5. The molecule has 0 aliphatic rings. The fraction of sp³-hybridized carbons (Fsp3) is 0.308. The lowest BCUT2D eigenvalue weighted by Gasteiger charge is -2.19. The maximum absolute atomic E-state index is 13.7. The quantitative estimate of drug-likeness (QED) is 0.910. The summed E-state index contributed by atoms with van der Waals surface area (Å²) < 4.78 is 14.6. The average molecular weight is 312 g/mol. The van der Waals surface area contributed by atoms with E-state index in [-0.39, 0.29) is 5.82 Å². The summed E-state index contributed by atoms with van der Waals surface area (Å²) in [5.41, 5.74) is 6.69. The SMILES string of the molecule is CCC(C)(N)c1ncc(-c2cc(Br)ccc2F)[nH]1. The van der Waals surface area contributed by atoms with E-state index in [2.05, 4.69) is 25.9 Å². The molecular weight excluding hydrogens is 297 g/mol. The van der Waals surface area contributed by atoms with E-state index in [9.17, 15) is 4.39 Å². The lowest BCUT2D eigenvalue weighted by atomic mass is 10.00. The summed E-state index contributed by atoms with van der Waals surface area (Å²) in [6.07, 6.45) is 2.36. The van der Waals surface area contributed by atoms with Crippen molar-refractivity contribution in [2.75, 3.05) is 0 Å². The summed E-state index contributed by atoms with van der Waals surface area (Å²) in [7, 11) is 0. The molecule has 0 fully saturated rings. The van der Waals surface area contributed by atoms with Gasteiger partial charge in [0.1, 0.15) is 11.6 Å². The average Bonchev–Trinajstić information content (AvgIpc) is 2.82. The monoisotopic (exact) mass is 311 g/mol. The number of nitrogens with one attached hydrogen (secondary N) is 1. The molecular formula is C13H15BrFN3. The van der Waals surface area contributed by atoms with Crippen LogP contribution < -0.4 is 5.73 Å². The Balaban J connectivity index is 2.44. The van der Waals surface area contributed by atoms with Crippen molar-refractivity contribution in [3.63, 3.8) is 0 Å². The van der Waals surface area contributed by atoms with Gasteiger partial charge in [-0.2, -0.15) is 0 Å². The Bertz CT molecular complexity index is 563. The van der Waals surface area contributed by atoms with Gasteiger partial charge in [0.15, 0.2) is 0 Å². The van der Waals surface area contributed by atoms with Crippen molar-refractivity contribution in [3.05, 3.63) is 40.5 Å². The zero-order valence-corrected chi connectivity index (χ0v) is 11.9. The van der Waals surface area contributed by atoms with Crippen molar-refractivity contribution in [2.45, 2.75) is 25.8 Å². The first-order valence-corrected chi connectivity index (χ1v) is 6.53. The van der Waals surface area contributed by atoms with E-state index in [1.165, 1.54) is 6.07 Å². The third-order valence-corrected chi connectivity index (χ3v) is 3.56. The first-order valence-electron chi connectivity index (χ1n) is 5.74. The van der Waals surface area contributed by atoms with Gasteiger partial charge in [0, 0.05) is 10.0 Å². The van der Waals surface area contributed by atoms with Crippen LogP contribution in [-0.4, -0.2) is 9.97 Å². The first kappa shape index (κ1) is 13.2. The molecule has 0 saturated heterocycles. The standard InChI is InChI=1S/C13H15BrFN3/c1-3-13(2,16)12-17-7-11(18-12)9-6-8(14)4-5-10(9)15/h4-7H,3,16H2,1-2H3,(H,17,18). The molecule has 1 heterocycles. The van der Waals surface area contributed by atoms with Gasteiger partial charge in [-0.25, -0.2) is 9.37 Å². The summed E-state index contributed by atoms with van der Waals surface area (Å²) in [5, 5.41) is 0. The molecule has 5 heteroatoms. The molecule has 1 unspecified atom stereocenters. The minimum Gasteiger partial charge on any atom is -0.340 e. The predicted octanol–water partition coefficient (Wildman–Crippen LogP) is 3.56. The molecule has 0 saturated carbocycles. The molecule has 0 radical (unpaired) electrons. The topological polar surface area (TPSA) is 54.7 Å². The molecule has 2 aromatic rings. The van der Waals surface area contributed by atoms with Gasteiger partial charge >= 0.3 is 0 Å². The number of imidazole rings is 1. The summed E-state index contributed by atoms with van der Waals surface area (Å²) in [4.78, 5) is 7.34. The molecule has 0 aliphatic carbocycles. The van der Waals surface area contributed by atoms with Crippen molar-refractivity contribution in [1.82, 2.24) is 9.97 Å². The Morgan fingerprint density at radius 3 is 2.89 bits per heavy atom. The van der Waals surface area contributed by atoms with Gasteiger partial charge in [-0.15, -0.1) is 0 Å². The highest BCUT2D eigenvalue weighted by atomic mass is 79.9. The lowest BCUT2D eigenvalue weighted by Crippen LogP contribution is -2.33. The number of rotatable bonds is 3. The molecule has 0 aliphatic heterocycles. The number of halogens is 2. The third kappa shape index (κ3) is 2.47. The van der Waals surface area contributed by atoms with Gasteiger partial charge in [-0.1, -0.05) is 22.9 Å². The minimum absolute atomic E-state index is 0.288. The second kappa shape index (κ2) is 4.82. The molecule has 2 rings (SSSR count). The number of nitrogens with zero attached hydrogens (tertiary/aromatic N) is 1. The van der Waals surface area contributed by atoms with Crippen molar-refractivity contribution in [3.8, 4) is 11.3 Å². The zero-order valence-electron chi connectivity index (χ0n) is 10.3. The Labute approximate surface area is 114 Å². The molecule has 1 aromatic carbocycles. The number of hydrogen-bond donors (Lipinski definition) is 2. The van der Waals surface area contributed by atoms with Crippen LogP contribution in [0.25, 0.3) is 11.3 Å². The van der Waals surface area contributed by atoms with Crippen LogP contribution in [0, 0.1) is 5.82 Å². The van der Waals surface area contributed by atoms with E-state index >= 15 is 0 Å². The highest BCUT2D eigenvalue weighted by Gasteiger charge is 2.22. The van der Waals surface area contributed by atoms with Crippen LogP contribution in [0.15, 0.2) is 28.9 Å². The van der Waals surface area contributed by atoms with Gasteiger partial charge in [0.25, 0.3) is 0 Å². The molecule has 0 bridgehead atoms. The highest BCUT2D eigenvalue weighted by molar-refractivity contribution is 9.10. The molecule has 1 atom stereocenters. The first-order chi connectivity index (χ1) is 8.44. The Hall–Kier alpha value is -1.20. The van der Waals surface area contributed by atoms with Gasteiger partial charge in [-0.05, 0) is 31.5 Å². The van der Waals surface area contributed by atoms with E-state index in [4.69, 9.17) is 5.73 Å². The van der Waals surface area contributed by atoms with Crippen LogP contribution in [0.1, 0.15) is 26.1 Å². The molecule has 18 heavy (non-hydrogen) atoms. The fourth-order valence-electron chi connectivity index (χ4n) is 1.62. The van der Waals surface area contributed by atoms with E-state index in [1.54, 1.807) is 18.3 Å². The fourth-order valence-corrected chi connectivity index (χ4v) is 1.98. The van der Waals surface area contributed by atoms with Gasteiger partial charge in [-0.3, -0.25) is 0 Å². The maximum atomic E-state index is 13.7. The van der Waals surface area contributed by atoms with E-state index < -0.39 is 5.54 Å². The molecule has 1 aromatic heterocycles. The lowest BCUT2D eigenvalue weighted by molar-refractivity contribution is 0.450. The summed E-state index contributed by atoms with van der Waals surface area (Å²) in [5.74, 6) is 0.378. The van der Waals surface area contributed by atoms with Crippen molar-refractivity contribution >= 4 is 15.9 Å². The predicted molar refractivity (Wildman–Crippen MR) is 73.5 cm³/mol. The Morgan fingerprint density at radius 2 is 2.22 bits per heavy atom. The zero-order chi connectivity index (χ0) is 13.3. The Morgan fingerprint density at radius 1 is 1.50 bits per heavy atom. The van der Waals surface area contributed by atoms with Crippen LogP contribution in [0.5, 0.6) is 0 Å². The van der Waals surface area contributed by atoms with Crippen LogP contribution in [0.2, 0.25) is 0 Å². The second-order valence-electron chi connectivity index (χ2n) is 4.54. The number of hydrogen-bond acceptors (Lipinski definition) is 2. The third-order valence-electron chi connectivity index (χ3n) is 3.07. The van der Waals surface area contributed by atoms with Crippen LogP contribution in [0.3, 0.4) is 0 Å². The van der Waals surface area contributed by atoms with Gasteiger partial charge in [0.2, 0.25) is 0 Å². The number of benzene rings is 1. The van der Waals surface area contributed by atoms with Crippen molar-refractivity contribution in [1.29, 1.82) is 0 Å². The van der Waals surface area contributed by atoms with Crippen molar-refractivity contribution < 1.29 is 4.39 Å². The van der Waals surface area contributed by atoms with Crippen molar-refractivity contribution in [2.24, 2.45) is 5.73 Å².